The van der Waals surface area contributed by atoms with Crippen LogP contribution in [-0.4, -0.2) is 14.3 Å². The van der Waals surface area contributed by atoms with E-state index in [-0.39, 0.29) is 16.1 Å². The molecule has 0 atom stereocenters. The SMILES string of the molecule is CCCCCc1ccc(NC(=O)c2cc(Cl)ccc2NS(=O)(=O)c2ccc(Cl)cc2)cc1. The molecule has 0 aromatic heterocycles. The van der Waals surface area contributed by atoms with Crippen LogP contribution in [0.5, 0.6) is 0 Å². The van der Waals surface area contributed by atoms with Gasteiger partial charge in [0.2, 0.25) is 0 Å². The van der Waals surface area contributed by atoms with Crippen molar-refractivity contribution in [1.82, 2.24) is 0 Å². The molecule has 0 radical (unpaired) electrons. The number of hydrogen-bond acceptors (Lipinski definition) is 3. The van der Waals surface area contributed by atoms with Crippen LogP contribution < -0.4 is 10.0 Å². The first-order valence-corrected chi connectivity index (χ1v) is 12.5. The van der Waals surface area contributed by atoms with Crippen LogP contribution in [0.2, 0.25) is 10.0 Å². The Bertz CT molecular complexity index is 1180. The van der Waals surface area contributed by atoms with Gasteiger partial charge in [0.05, 0.1) is 16.1 Å². The summed E-state index contributed by atoms with van der Waals surface area (Å²) in [6.45, 7) is 2.16. The number of benzene rings is 3. The van der Waals surface area contributed by atoms with Gasteiger partial charge in [0.15, 0.2) is 0 Å². The van der Waals surface area contributed by atoms with Gasteiger partial charge < -0.3 is 5.32 Å². The molecule has 0 fully saturated rings. The second-order valence-electron chi connectivity index (χ2n) is 7.36. The number of unbranched alkanes of at least 4 members (excludes halogenated alkanes) is 2. The molecule has 0 saturated carbocycles. The zero-order valence-electron chi connectivity index (χ0n) is 17.6. The normalized spacial score (nSPS) is 11.2. The second kappa shape index (κ2) is 10.9. The van der Waals surface area contributed by atoms with E-state index in [1.165, 1.54) is 54.4 Å². The maximum Gasteiger partial charge on any atom is 0.261 e. The van der Waals surface area contributed by atoms with E-state index in [4.69, 9.17) is 23.2 Å². The van der Waals surface area contributed by atoms with E-state index < -0.39 is 15.9 Å². The summed E-state index contributed by atoms with van der Waals surface area (Å²) in [5.74, 6) is -0.472. The summed E-state index contributed by atoms with van der Waals surface area (Å²) in [5.41, 5.74) is 2.05. The van der Waals surface area contributed by atoms with Crippen molar-refractivity contribution in [2.75, 3.05) is 10.0 Å². The largest absolute Gasteiger partial charge is 0.322 e. The van der Waals surface area contributed by atoms with Gasteiger partial charge in [0, 0.05) is 15.7 Å². The lowest BCUT2D eigenvalue weighted by molar-refractivity contribution is 0.102. The fourth-order valence-corrected chi connectivity index (χ4v) is 4.52. The van der Waals surface area contributed by atoms with Crippen molar-refractivity contribution < 1.29 is 13.2 Å². The molecule has 168 valence electrons. The van der Waals surface area contributed by atoms with Crippen molar-refractivity contribution in [1.29, 1.82) is 0 Å². The highest BCUT2D eigenvalue weighted by atomic mass is 35.5. The van der Waals surface area contributed by atoms with Gasteiger partial charge in [-0.25, -0.2) is 8.42 Å². The van der Waals surface area contributed by atoms with Crippen molar-refractivity contribution in [3.63, 3.8) is 0 Å². The lowest BCUT2D eigenvalue weighted by Gasteiger charge is -2.14. The van der Waals surface area contributed by atoms with Crippen LogP contribution in [-0.2, 0) is 16.4 Å². The molecular formula is C24H24Cl2N2O3S. The van der Waals surface area contributed by atoms with Gasteiger partial charge in [-0.05, 0) is 73.0 Å². The Hall–Kier alpha value is -2.54. The molecule has 0 saturated heterocycles. The highest BCUT2D eigenvalue weighted by Crippen LogP contribution is 2.25. The smallest absolute Gasteiger partial charge is 0.261 e. The number of hydrogen-bond donors (Lipinski definition) is 2. The van der Waals surface area contributed by atoms with Gasteiger partial charge in [-0.1, -0.05) is 55.1 Å². The van der Waals surface area contributed by atoms with Crippen molar-refractivity contribution >= 4 is 50.5 Å². The van der Waals surface area contributed by atoms with Crippen LogP contribution >= 0.6 is 23.2 Å². The average Bonchev–Trinajstić information content (AvgIpc) is 2.76. The molecule has 0 aliphatic carbocycles. The molecule has 0 heterocycles. The molecule has 0 aliphatic rings. The quantitative estimate of drug-likeness (QED) is 0.324. The Morgan fingerprint density at radius 2 is 1.53 bits per heavy atom. The molecule has 3 rings (SSSR count). The number of sulfonamides is 1. The lowest BCUT2D eigenvalue weighted by atomic mass is 10.1. The third-order valence-electron chi connectivity index (χ3n) is 4.88. The predicted octanol–water partition coefficient (Wildman–Crippen LogP) is 6.78. The fourth-order valence-electron chi connectivity index (χ4n) is 3.14. The number of rotatable bonds is 9. The van der Waals surface area contributed by atoms with Gasteiger partial charge in [0.1, 0.15) is 0 Å². The van der Waals surface area contributed by atoms with Crippen LogP contribution in [0.3, 0.4) is 0 Å². The van der Waals surface area contributed by atoms with E-state index in [1.54, 1.807) is 0 Å². The third kappa shape index (κ3) is 6.48. The molecular weight excluding hydrogens is 467 g/mol. The van der Waals surface area contributed by atoms with Crippen LogP contribution in [0.15, 0.2) is 71.6 Å². The molecule has 0 bridgehead atoms. The highest BCUT2D eigenvalue weighted by molar-refractivity contribution is 7.92. The van der Waals surface area contributed by atoms with E-state index in [0.717, 1.165) is 19.3 Å². The fraction of sp³-hybridized carbons (Fsp3) is 0.208. The summed E-state index contributed by atoms with van der Waals surface area (Å²) in [6, 6.07) is 17.8. The number of carbonyl (C=O) groups excluding carboxylic acids is 1. The third-order valence-corrected chi connectivity index (χ3v) is 6.74. The summed E-state index contributed by atoms with van der Waals surface area (Å²) in [4.78, 5) is 13.0. The highest BCUT2D eigenvalue weighted by Gasteiger charge is 2.19. The van der Waals surface area contributed by atoms with Crippen molar-refractivity contribution in [2.45, 2.75) is 37.5 Å². The number of halogens is 2. The molecule has 3 aromatic carbocycles. The Balaban J connectivity index is 1.78. The number of carbonyl (C=O) groups is 1. The summed E-state index contributed by atoms with van der Waals surface area (Å²) in [6.07, 6.45) is 4.47. The van der Waals surface area contributed by atoms with E-state index in [2.05, 4.69) is 17.0 Å². The van der Waals surface area contributed by atoms with Crippen molar-refractivity contribution in [3.8, 4) is 0 Å². The number of amides is 1. The first kappa shape index (κ1) is 24.1. The molecule has 5 nitrogen and oxygen atoms in total. The Morgan fingerprint density at radius 3 is 2.19 bits per heavy atom. The van der Waals surface area contributed by atoms with Crippen molar-refractivity contribution in [3.05, 3.63) is 87.9 Å². The van der Waals surface area contributed by atoms with Crippen LogP contribution in [0, 0.1) is 0 Å². The molecule has 0 unspecified atom stereocenters. The van der Waals surface area contributed by atoms with Crippen LogP contribution in [0.25, 0.3) is 0 Å². The average molecular weight is 491 g/mol. The van der Waals surface area contributed by atoms with Crippen LogP contribution in [0.1, 0.15) is 42.1 Å². The topological polar surface area (TPSA) is 75.3 Å². The lowest BCUT2D eigenvalue weighted by Crippen LogP contribution is -2.18. The molecule has 0 spiro atoms. The van der Waals surface area contributed by atoms with Crippen LogP contribution in [0.4, 0.5) is 11.4 Å². The minimum Gasteiger partial charge on any atom is -0.322 e. The van der Waals surface area contributed by atoms with E-state index in [0.29, 0.717) is 15.7 Å². The minimum atomic E-state index is -3.92. The maximum atomic E-state index is 12.9. The van der Waals surface area contributed by atoms with Crippen molar-refractivity contribution in [2.24, 2.45) is 0 Å². The molecule has 32 heavy (non-hydrogen) atoms. The zero-order valence-corrected chi connectivity index (χ0v) is 19.9. The predicted molar refractivity (Wildman–Crippen MR) is 131 cm³/mol. The second-order valence-corrected chi connectivity index (χ2v) is 9.91. The standard InChI is InChI=1S/C24H24Cl2N2O3S/c1-2-3-4-5-17-6-11-20(12-7-17)27-24(29)22-16-19(26)10-15-23(22)28-32(30,31)21-13-8-18(25)9-14-21/h6-16,28H,2-5H2,1H3,(H,27,29). The van der Waals surface area contributed by atoms with Gasteiger partial charge >= 0.3 is 0 Å². The molecule has 3 aromatic rings. The van der Waals surface area contributed by atoms with Gasteiger partial charge in [-0.2, -0.15) is 0 Å². The molecule has 8 heteroatoms. The Labute approximate surface area is 198 Å². The Kier molecular flexibility index (Phi) is 8.18. The molecule has 1 amide bonds. The molecule has 2 N–H and O–H groups in total. The summed E-state index contributed by atoms with van der Waals surface area (Å²) < 4.78 is 28.0. The zero-order chi connectivity index (χ0) is 23.1. The number of anilines is 2. The van der Waals surface area contributed by atoms with Gasteiger partial charge in [-0.15, -0.1) is 0 Å². The minimum absolute atomic E-state index is 0.0295. The first-order valence-electron chi connectivity index (χ1n) is 10.3. The summed E-state index contributed by atoms with van der Waals surface area (Å²) >= 11 is 11.9. The summed E-state index contributed by atoms with van der Waals surface area (Å²) in [5, 5.41) is 3.54. The maximum absolute atomic E-state index is 12.9. The number of aryl methyl sites for hydroxylation is 1. The van der Waals surface area contributed by atoms with Gasteiger partial charge in [0.25, 0.3) is 15.9 Å². The van der Waals surface area contributed by atoms with Gasteiger partial charge in [-0.3, -0.25) is 9.52 Å². The molecule has 0 aliphatic heterocycles. The number of nitrogens with one attached hydrogen (secondary N) is 2. The van der Waals surface area contributed by atoms with E-state index in [9.17, 15) is 13.2 Å². The first-order chi connectivity index (χ1) is 15.3. The monoisotopic (exact) mass is 490 g/mol. The van der Waals surface area contributed by atoms with E-state index >= 15 is 0 Å². The van der Waals surface area contributed by atoms with E-state index in [1.807, 2.05) is 24.3 Å². The summed E-state index contributed by atoms with van der Waals surface area (Å²) in [7, 11) is -3.92. The Morgan fingerprint density at radius 1 is 0.875 bits per heavy atom.